The van der Waals surface area contributed by atoms with E-state index in [4.69, 9.17) is 4.74 Å². The van der Waals surface area contributed by atoms with E-state index in [0.29, 0.717) is 19.5 Å². The highest BCUT2D eigenvalue weighted by molar-refractivity contribution is 5.96. The van der Waals surface area contributed by atoms with Gasteiger partial charge >= 0.3 is 12.0 Å². The van der Waals surface area contributed by atoms with Crippen LogP contribution in [-0.2, 0) is 14.3 Å². The zero-order valence-electron chi connectivity index (χ0n) is 11.8. The Labute approximate surface area is 118 Å². The Hall–Kier alpha value is -1.63. The summed E-state index contributed by atoms with van der Waals surface area (Å²) in [6, 6.07) is -0.289. The summed E-state index contributed by atoms with van der Waals surface area (Å²) < 4.78 is 4.70. The van der Waals surface area contributed by atoms with Crippen LogP contribution in [0.5, 0.6) is 0 Å². The lowest BCUT2D eigenvalue weighted by Crippen LogP contribution is -2.48. The Morgan fingerprint density at radius 3 is 2.80 bits per heavy atom. The number of nitrogens with one attached hydrogen (secondary N) is 1. The van der Waals surface area contributed by atoms with Gasteiger partial charge in [-0.1, -0.05) is 6.42 Å². The molecule has 0 aromatic carbocycles. The molecule has 0 radical (unpaired) electrons. The van der Waals surface area contributed by atoms with Gasteiger partial charge in [0.2, 0.25) is 5.91 Å². The molecule has 2 aliphatic rings. The van der Waals surface area contributed by atoms with Crippen molar-refractivity contribution >= 4 is 17.9 Å². The Kier molecular flexibility index (Phi) is 4.94. The molecule has 0 aromatic heterocycles. The fourth-order valence-electron chi connectivity index (χ4n) is 2.74. The summed E-state index contributed by atoms with van der Waals surface area (Å²) in [4.78, 5) is 38.2. The molecular weight excluding hydrogens is 262 g/mol. The lowest BCUT2D eigenvalue weighted by atomic mass is 9.99. The molecule has 112 valence electrons. The van der Waals surface area contributed by atoms with Gasteiger partial charge < -0.3 is 10.1 Å². The first-order valence-electron chi connectivity index (χ1n) is 7.01. The number of amides is 3. The van der Waals surface area contributed by atoms with Gasteiger partial charge in [0, 0.05) is 19.1 Å². The zero-order chi connectivity index (χ0) is 14.5. The van der Waals surface area contributed by atoms with Crippen LogP contribution in [0.15, 0.2) is 0 Å². The lowest BCUT2D eigenvalue weighted by molar-refractivity contribution is -0.143. The van der Waals surface area contributed by atoms with Crippen LogP contribution in [0.1, 0.15) is 25.7 Å². The zero-order valence-corrected chi connectivity index (χ0v) is 11.8. The topological polar surface area (TPSA) is 79.0 Å². The van der Waals surface area contributed by atoms with Gasteiger partial charge in [0.1, 0.15) is 0 Å². The Balaban J connectivity index is 1.92. The first kappa shape index (κ1) is 14.8. The van der Waals surface area contributed by atoms with Crippen molar-refractivity contribution in [3.8, 4) is 0 Å². The fourth-order valence-corrected chi connectivity index (χ4v) is 2.74. The summed E-state index contributed by atoms with van der Waals surface area (Å²) in [6.45, 7) is 1.90. The highest BCUT2D eigenvalue weighted by Gasteiger charge is 2.31. The van der Waals surface area contributed by atoms with Crippen LogP contribution in [0.25, 0.3) is 0 Å². The number of piperidine rings is 1. The molecule has 0 aliphatic carbocycles. The summed E-state index contributed by atoms with van der Waals surface area (Å²) in [5.74, 6) is -0.454. The van der Waals surface area contributed by atoms with Crippen molar-refractivity contribution in [3.05, 3.63) is 0 Å². The molecular formula is C13H21N3O4. The molecule has 2 aliphatic heterocycles. The van der Waals surface area contributed by atoms with E-state index in [9.17, 15) is 14.4 Å². The maximum atomic E-state index is 12.1. The number of hydrogen-bond donors (Lipinski definition) is 1. The van der Waals surface area contributed by atoms with Crippen LogP contribution in [0, 0.1) is 0 Å². The van der Waals surface area contributed by atoms with E-state index in [-0.39, 0.29) is 30.5 Å². The maximum Gasteiger partial charge on any atom is 0.324 e. The molecule has 1 N–H and O–H groups in total. The molecule has 2 heterocycles. The van der Waals surface area contributed by atoms with E-state index in [0.717, 1.165) is 25.8 Å². The minimum Gasteiger partial charge on any atom is -0.469 e. The SMILES string of the molecule is COC(=O)CC1CCCCN1CC(=O)N1CCNC1=O. The Bertz CT molecular complexity index is 399. The number of nitrogens with zero attached hydrogens (tertiary/aromatic N) is 2. The molecule has 2 fully saturated rings. The van der Waals surface area contributed by atoms with E-state index in [1.807, 2.05) is 4.90 Å². The van der Waals surface area contributed by atoms with Crippen LogP contribution >= 0.6 is 0 Å². The van der Waals surface area contributed by atoms with E-state index in [2.05, 4.69) is 5.32 Å². The number of likely N-dealkylation sites (tertiary alicyclic amines) is 1. The van der Waals surface area contributed by atoms with Crippen molar-refractivity contribution in [1.29, 1.82) is 0 Å². The third-order valence-corrected chi connectivity index (χ3v) is 3.88. The Morgan fingerprint density at radius 1 is 1.35 bits per heavy atom. The second-order valence-electron chi connectivity index (χ2n) is 5.18. The number of methoxy groups -OCH3 is 1. The third-order valence-electron chi connectivity index (χ3n) is 3.88. The second-order valence-corrected chi connectivity index (χ2v) is 5.18. The van der Waals surface area contributed by atoms with Crippen LogP contribution < -0.4 is 5.32 Å². The number of carbonyl (C=O) groups excluding carboxylic acids is 3. The first-order chi connectivity index (χ1) is 9.61. The number of carbonyl (C=O) groups is 3. The summed E-state index contributed by atoms with van der Waals surface area (Å²) >= 11 is 0. The van der Waals surface area contributed by atoms with E-state index < -0.39 is 0 Å². The van der Waals surface area contributed by atoms with Gasteiger partial charge in [0.05, 0.1) is 20.1 Å². The average Bonchev–Trinajstić information content (AvgIpc) is 2.87. The quantitative estimate of drug-likeness (QED) is 0.732. The van der Waals surface area contributed by atoms with Gasteiger partial charge in [-0.3, -0.25) is 19.4 Å². The molecule has 0 bridgehead atoms. The molecule has 7 heteroatoms. The van der Waals surface area contributed by atoms with Crippen LogP contribution in [0.3, 0.4) is 0 Å². The molecule has 0 aromatic rings. The number of ether oxygens (including phenoxy) is 1. The van der Waals surface area contributed by atoms with Gasteiger partial charge in [-0.2, -0.15) is 0 Å². The Morgan fingerprint density at radius 2 is 2.15 bits per heavy atom. The number of urea groups is 1. The van der Waals surface area contributed by atoms with Crippen molar-refractivity contribution < 1.29 is 19.1 Å². The van der Waals surface area contributed by atoms with Crippen molar-refractivity contribution in [2.75, 3.05) is 33.3 Å². The molecule has 2 saturated heterocycles. The summed E-state index contributed by atoms with van der Waals surface area (Å²) in [6.07, 6.45) is 3.25. The summed E-state index contributed by atoms with van der Waals surface area (Å²) in [7, 11) is 1.37. The molecule has 7 nitrogen and oxygen atoms in total. The predicted octanol–water partition coefficient (Wildman–Crippen LogP) is -0.0442. The maximum absolute atomic E-state index is 12.1. The van der Waals surface area contributed by atoms with E-state index in [1.54, 1.807) is 0 Å². The molecule has 2 rings (SSSR count). The molecule has 3 amide bonds. The van der Waals surface area contributed by atoms with Crippen molar-refractivity contribution in [2.45, 2.75) is 31.7 Å². The predicted molar refractivity (Wildman–Crippen MR) is 71.0 cm³/mol. The van der Waals surface area contributed by atoms with Crippen molar-refractivity contribution in [3.63, 3.8) is 0 Å². The molecule has 1 unspecified atom stereocenters. The number of imide groups is 1. The van der Waals surface area contributed by atoms with Gasteiger partial charge in [0.15, 0.2) is 0 Å². The van der Waals surface area contributed by atoms with Crippen LogP contribution in [-0.4, -0.2) is 67.0 Å². The first-order valence-corrected chi connectivity index (χ1v) is 7.01. The third kappa shape index (κ3) is 3.47. The average molecular weight is 283 g/mol. The lowest BCUT2D eigenvalue weighted by Gasteiger charge is -2.35. The highest BCUT2D eigenvalue weighted by atomic mass is 16.5. The standard InChI is InChI=1S/C13H21N3O4/c1-20-12(18)8-10-4-2-3-6-15(10)9-11(17)16-7-5-14-13(16)19/h10H,2-9H2,1H3,(H,14,19). The molecule has 20 heavy (non-hydrogen) atoms. The normalized spacial score (nSPS) is 23.6. The van der Waals surface area contributed by atoms with Gasteiger partial charge in [0.25, 0.3) is 0 Å². The minimum absolute atomic E-state index is 0.0332. The molecule has 1 atom stereocenters. The summed E-state index contributed by atoms with van der Waals surface area (Å²) in [5, 5.41) is 2.61. The van der Waals surface area contributed by atoms with Crippen molar-refractivity contribution in [1.82, 2.24) is 15.1 Å². The van der Waals surface area contributed by atoms with Crippen LogP contribution in [0.2, 0.25) is 0 Å². The molecule has 0 saturated carbocycles. The van der Waals surface area contributed by atoms with Gasteiger partial charge in [-0.05, 0) is 19.4 Å². The molecule has 0 spiro atoms. The van der Waals surface area contributed by atoms with E-state index >= 15 is 0 Å². The number of hydrogen-bond acceptors (Lipinski definition) is 5. The minimum atomic E-state index is -0.323. The van der Waals surface area contributed by atoms with Crippen LogP contribution in [0.4, 0.5) is 4.79 Å². The smallest absolute Gasteiger partial charge is 0.324 e. The number of rotatable bonds is 4. The largest absolute Gasteiger partial charge is 0.469 e. The van der Waals surface area contributed by atoms with Gasteiger partial charge in [-0.25, -0.2) is 4.79 Å². The van der Waals surface area contributed by atoms with E-state index in [1.165, 1.54) is 12.0 Å². The monoisotopic (exact) mass is 283 g/mol. The highest BCUT2D eigenvalue weighted by Crippen LogP contribution is 2.20. The fraction of sp³-hybridized carbons (Fsp3) is 0.769. The number of esters is 1. The van der Waals surface area contributed by atoms with Gasteiger partial charge in [-0.15, -0.1) is 0 Å². The summed E-state index contributed by atoms with van der Waals surface area (Å²) in [5.41, 5.74) is 0. The van der Waals surface area contributed by atoms with Crippen molar-refractivity contribution in [2.24, 2.45) is 0 Å². The second kappa shape index (κ2) is 6.69.